The summed E-state index contributed by atoms with van der Waals surface area (Å²) in [5.74, 6) is -0.542. The van der Waals surface area contributed by atoms with Gasteiger partial charge in [-0.3, -0.25) is 14.4 Å². The van der Waals surface area contributed by atoms with Gasteiger partial charge in [0.1, 0.15) is 0 Å². The van der Waals surface area contributed by atoms with Crippen LogP contribution in [0.5, 0.6) is 0 Å². The Balaban J connectivity index is 0. The van der Waals surface area contributed by atoms with E-state index >= 15 is 0 Å². The van der Waals surface area contributed by atoms with Gasteiger partial charge in [0.05, 0.1) is 25.2 Å². The molecule has 1 fully saturated rings. The van der Waals surface area contributed by atoms with Gasteiger partial charge in [0.15, 0.2) is 6.61 Å². The van der Waals surface area contributed by atoms with E-state index in [0.717, 1.165) is 32.1 Å². The molecular formula is C35H70N2O6. The third-order valence-corrected chi connectivity index (χ3v) is 7.61. The molecule has 43 heavy (non-hydrogen) atoms. The molecule has 0 aromatic heterocycles. The standard InChI is InChI=1S/C31H58N2O6.2C2H6/c1-12-13-28(2,3)20-30(6,7)16-27(36)39-19-25(34)32-22-31(8,9)21-29(4,5)15-26(35)33-17-24(38-11)14-23(33)18-37-10;2*1-2/h23-24H,12-22H2,1-11H3,(H,32,34);2*1-2H3. The summed E-state index contributed by atoms with van der Waals surface area (Å²) in [7, 11) is 3.33. The highest BCUT2D eigenvalue weighted by atomic mass is 16.5. The summed E-state index contributed by atoms with van der Waals surface area (Å²) in [6, 6.07) is 0.0339. The number of hydrogen-bond acceptors (Lipinski definition) is 6. The molecule has 2 amide bonds. The number of likely N-dealkylation sites (tertiary alicyclic amines) is 1. The van der Waals surface area contributed by atoms with Crippen LogP contribution in [-0.2, 0) is 28.6 Å². The maximum absolute atomic E-state index is 13.2. The van der Waals surface area contributed by atoms with Gasteiger partial charge >= 0.3 is 5.97 Å². The maximum Gasteiger partial charge on any atom is 0.306 e. The molecule has 0 aromatic carbocycles. The van der Waals surface area contributed by atoms with Crippen molar-refractivity contribution in [3.05, 3.63) is 0 Å². The van der Waals surface area contributed by atoms with Crippen LogP contribution >= 0.6 is 0 Å². The van der Waals surface area contributed by atoms with E-state index in [1.165, 1.54) is 0 Å². The van der Waals surface area contributed by atoms with Gasteiger partial charge in [-0.25, -0.2) is 0 Å². The molecule has 2 unspecified atom stereocenters. The monoisotopic (exact) mass is 615 g/mol. The van der Waals surface area contributed by atoms with Crippen molar-refractivity contribution in [1.29, 1.82) is 0 Å². The highest BCUT2D eigenvalue weighted by molar-refractivity contribution is 5.80. The lowest BCUT2D eigenvalue weighted by Gasteiger charge is -2.36. The van der Waals surface area contributed by atoms with Crippen LogP contribution in [0.15, 0.2) is 0 Å². The molecule has 0 aromatic rings. The molecule has 1 N–H and O–H groups in total. The molecular weight excluding hydrogens is 544 g/mol. The lowest BCUT2D eigenvalue weighted by molar-refractivity contribution is -0.151. The molecule has 1 heterocycles. The Bertz CT molecular complexity index is 806. The van der Waals surface area contributed by atoms with Gasteiger partial charge in [0, 0.05) is 33.7 Å². The lowest BCUT2D eigenvalue weighted by atomic mass is 9.71. The molecule has 2 atom stereocenters. The van der Waals surface area contributed by atoms with Crippen LogP contribution in [-0.4, -0.2) is 75.4 Å². The lowest BCUT2D eigenvalue weighted by Crippen LogP contribution is -2.42. The van der Waals surface area contributed by atoms with Crippen molar-refractivity contribution in [3.63, 3.8) is 0 Å². The van der Waals surface area contributed by atoms with Crippen LogP contribution in [0.25, 0.3) is 0 Å². The summed E-state index contributed by atoms with van der Waals surface area (Å²) in [6.45, 7) is 28.4. The zero-order valence-electron chi connectivity index (χ0n) is 30.8. The molecule has 256 valence electrons. The Morgan fingerprint density at radius 3 is 1.86 bits per heavy atom. The van der Waals surface area contributed by atoms with Gasteiger partial charge in [-0.15, -0.1) is 0 Å². The number of carbonyl (C=O) groups is 3. The highest BCUT2D eigenvalue weighted by Crippen LogP contribution is 2.39. The zero-order chi connectivity index (χ0) is 34.1. The summed E-state index contributed by atoms with van der Waals surface area (Å²) in [5, 5.41) is 2.92. The number of nitrogens with zero attached hydrogens (tertiary/aromatic N) is 1. The molecule has 0 spiro atoms. The molecule has 8 nitrogen and oxygen atoms in total. The molecule has 0 saturated carbocycles. The summed E-state index contributed by atoms with van der Waals surface area (Å²) < 4.78 is 16.1. The van der Waals surface area contributed by atoms with Crippen molar-refractivity contribution in [1.82, 2.24) is 10.2 Å². The van der Waals surface area contributed by atoms with Gasteiger partial charge in [0.25, 0.3) is 5.91 Å². The Morgan fingerprint density at radius 1 is 0.814 bits per heavy atom. The van der Waals surface area contributed by atoms with E-state index in [4.69, 9.17) is 14.2 Å². The third kappa shape index (κ3) is 18.7. The third-order valence-electron chi connectivity index (χ3n) is 7.61. The minimum absolute atomic E-state index is 0.0339. The molecule has 0 aliphatic carbocycles. The van der Waals surface area contributed by atoms with Gasteiger partial charge < -0.3 is 24.4 Å². The molecule has 8 heteroatoms. The Kier molecular flexibility index (Phi) is 20.6. The fourth-order valence-electron chi connectivity index (χ4n) is 6.73. The predicted octanol–water partition coefficient (Wildman–Crippen LogP) is 7.43. The van der Waals surface area contributed by atoms with E-state index in [-0.39, 0.29) is 64.6 Å². The summed E-state index contributed by atoms with van der Waals surface area (Å²) in [4.78, 5) is 40.0. The molecule has 1 saturated heterocycles. The quantitative estimate of drug-likeness (QED) is 0.171. The number of hydrogen-bond donors (Lipinski definition) is 1. The number of ether oxygens (including phenoxy) is 3. The smallest absolute Gasteiger partial charge is 0.306 e. The van der Waals surface area contributed by atoms with Gasteiger partial charge in [-0.05, 0) is 47.3 Å². The van der Waals surface area contributed by atoms with Crippen LogP contribution in [0, 0.1) is 21.7 Å². The SMILES string of the molecule is CC.CC.CCCC(C)(C)CC(C)(C)CC(=O)OCC(=O)NCC(C)(C)CC(C)(C)CC(=O)N1CC(OC)CC1COC. The molecule has 1 rings (SSSR count). The van der Waals surface area contributed by atoms with Crippen molar-refractivity contribution in [2.45, 2.75) is 147 Å². The first-order valence-corrected chi connectivity index (χ1v) is 16.6. The Morgan fingerprint density at radius 2 is 1.35 bits per heavy atom. The number of rotatable bonds is 17. The first kappa shape index (κ1) is 43.5. The summed E-state index contributed by atoms with van der Waals surface area (Å²) >= 11 is 0. The maximum atomic E-state index is 13.2. The zero-order valence-corrected chi connectivity index (χ0v) is 30.8. The van der Waals surface area contributed by atoms with E-state index < -0.39 is 0 Å². The van der Waals surface area contributed by atoms with Crippen molar-refractivity contribution < 1.29 is 28.6 Å². The van der Waals surface area contributed by atoms with Crippen LogP contribution in [0.1, 0.15) is 135 Å². The molecule has 0 bridgehead atoms. The van der Waals surface area contributed by atoms with Gasteiger partial charge in [0.2, 0.25) is 5.91 Å². The van der Waals surface area contributed by atoms with Crippen molar-refractivity contribution in [2.75, 3.05) is 40.5 Å². The fraction of sp³-hybridized carbons (Fsp3) is 0.914. The number of methoxy groups -OCH3 is 2. The van der Waals surface area contributed by atoms with Gasteiger partial charge in [-0.1, -0.05) is 96.4 Å². The van der Waals surface area contributed by atoms with E-state index in [9.17, 15) is 14.4 Å². The van der Waals surface area contributed by atoms with E-state index in [2.05, 4.69) is 67.6 Å². The van der Waals surface area contributed by atoms with E-state index in [0.29, 0.717) is 26.1 Å². The highest BCUT2D eigenvalue weighted by Gasteiger charge is 2.39. The first-order valence-electron chi connectivity index (χ1n) is 16.6. The molecule has 1 aliphatic heterocycles. The van der Waals surface area contributed by atoms with Crippen molar-refractivity contribution in [2.24, 2.45) is 21.7 Å². The molecule has 0 radical (unpaired) electrons. The van der Waals surface area contributed by atoms with Crippen LogP contribution in [0.4, 0.5) is 0 Å². The predicted molar refractivity (Wildman–Crippen MR) is 178 cm³/mol. The summed E-state index contributed by atoms with van der Waals surface area (Å²) in [6.07, 6.45) is 5.39. The number of amides is 2. The van der Waals surface area contributed by atoms with Gasteiger partial charge in [-0.2, -0.15) is 0 Å². The molecule has 1 aliphatic rings. The fourth-order valence-corrected chi connectivity index (χ4v) is 6.73. The number of esters is 1. The Labute approximate surface area is 265 Å². The average Bonchev–Trinajstić information content (AvgIpc) is 3.30. The largest absolute Gasteiger partial charge is 0.456 e. The first-order chi connectivity index (χ1) is 19.8. The van der Waals surface area contributed by atoms with Crippen molar-refractivity contribution >= 4 is 17.8 Å². The minimum atomic E-state index is -0.342. The number of carbonyl (C=O) groups excluding carboxylic acids is 3. The van der Waals surface area contributed by atoms with Crippen LogP contribution < -0.4 is 5.32 Å². The second kappa shape index (κ2) is 20.4. The second-order valence-corrected chi connectivity index (χ2v) is 14.8. The number of nitrogens with one attached hydrogen (secondary N) is 1. The van der Waals surface area contributed by atoms with Crippen LogP contribution in [0.3, 0.4) is 0 Å². The van der Waals surface area contributed by atoms with Crippen molar-refractivity contribution in [3.8, 4) is 0 Å². The van der Waals surface area contributed by atoms with E-state index in [1.54, 1.807) is 14.2 Å². The summed E-state index contributed by atoms with van der Waals surface area (Å²) in [5.41, 5.74) is -0.549. The normalized spacial score (nSPS) is 17.3. The van der Waals surface area contributed by atoms with E-state index in [1.807, 2.05) is 32.6 Å². The average molecular weight is 615 g/mol. The Hall–Kier alpha value is -1.67. The second-order valence-electron chi connectivity index (χ2n) is 14.8. The minimum Gasteiger partial charge on any atom is -0.456 e. The van der Waals surface area contributed by atoms with Crippen LogP contribution in [0.2, 0.25) is 0 Å². The topological polar surface area (TPSA) is 94.2 Å².